The Hall–Kier alpha value is -2.50. The summed E-state index contributed by atoms with van der Waals surface area (Å²) in [5.41, 5.74) is 0.369. The summed E-state index contributed by atoms with van der Waals surface area (Å²) in [7, 11) is 0. The van der Waals surface area contributed by atoms with Crippen molar-refractivity contribution in [3.8, 4) is 0 Å². The summed E-state index contributed by atoms with van der Waals surface area (Å²) in [6.45, 7) is 1.75. The van der Waals surface area contributed by atoms with Crippen LogP contribution in [0.5, 0.6) is 0 Å². The van der Waals surface area contributed by atoms with Gasteiger partial charge in [-0.25, -0.2) is 14.4 Å². The highest BCUT2D eigenvalue weighted by Crippen LogP contribution is 2.21. The number of aromatic nitrogens is 2. The molecule has 1 aromatic carbocycles. The number of carbonyl (C=O) groups excluding carboxylic acids is 1. The average Bonchev–Trinajstić information content (AvgIpc) is 2.85. The zero-order chi connectivity index (χ0) is 17.6. The number of aryl methyl sites for hydroxylation is 1. The van der Waals surface area contributed by atoms with E-state index in [2.05, 4.69) is 20.6 Å². The van der Waals surface area contributed by atoms with Crippen molar-refractivity contribution in [3.05, 3.63) is 47.7 Å². The first-order chi connectivity index (χ1) is 12.1. The number of hydrogen-bond acceptors (Lipinski definition) is 4. The number of nitrogens with one attached hydrogen (secondary N) is 2. The van der Waals surface area contributed by atoms with E-state index in [0.717, 1.165) is 12.8 Å². The standard InChI is InChI=1S/C19H23FN4O/c1-13-21-17(19(25)24-16-11-7-6-10-15(16)20)12-18(22-13)23-14-8-4-2-3-5-9-14/h6-7,10-12,14H,2-5,8-9H2,1H3,(H,24,25)(H,21,22,23). The summed E-state index contributed by atoms with van der Waals surface area (Å²) >= 11 is 0. The molecular formula is C19H23FN4O. The van der Waals surface area contributed by atoms with Crippen molar-refractivity contribution in [2.75, 3.05) is 10.6 Å². The quantitative estimate of drug-likeness (QED) is 0.813. The van der Waals surface area contributed by atoms with Crippen LogP contribution >= 0.6 is 0 Å². The molecule has 132 valence electrons. The summed E-state index contributed by atoms with van der Waals surface area (Å²) in [5, 5.41) is 5.99. The minimum atomic E-state index is -0.474. The lowest BCUT2D eigenvalue weighted by Crippen LogP contribution is -2.21. The molecule has 1 saturated carbocycles. The number of hydrogen-bond donors (Lipinski definition) is 2. The van der Waals surface area contributed by atoms with Gasteiger partial charge >= 0.3 is 0 Å². The summed E-state index contributed by atoms with van der Waals surface area (Å²) in [6.07, 6.45) is 7.19. The van der Waals surface area contributed by atoms with Crippen LogP contribution in [0.15, 0.2) is 30.3 Å². The number of rotatable bonds is 4. The molecule has 0 atom stereocenters. The Labute approximate surface area is 147 Å². The first kappa shape index (κ1) is 17.3. The molecule has 1 aliphatic rings. The van der Waals surface area contributed by atoms with Crippen LogP contribution in [0.3, 0.4) is 0 Å². The summed E-state index contributed by atoms with van der Waals surface area (Å²) in [5.74, 6) is 0.244. The van der Waals surface area contributed by atoms with E-state index in [1.54, 1.807) is 25.1 Å². The molecule has 2 N–H and O–H groups in total. The van der Waals surface area contributed by atoms with Crippen molar-refractivity contribution in [3.63, 3.8) is 0 Å². The van der Waals surface area contributed by atoms with E-state index >= 15 is 0 Å². The van der Waals surface area contributed by atoms with E-state index in [0.29, 0.717) is 17.7 Å². The minimum Gasteiger partial charge on any atom is -0.367 e. The van der Waals surface area contributed by atoms with Gasteiger partial charge in [0.2, 0.25) is 0 Å². The maximum Gasteiger partial charge on any atom is 0.274 e. The normalized spacial score (nSPS) is 15.4. The second-order valence-electron chi connectivity index (χ2n) is 6.45. The summed E-state index contributed by atoms with van der Waals surface area (Å²) in [4.78, 5) is 21.0. The van der Waals surface area contributed by atoms with Crippen LogP contribution in [0.4, 0.5) is 15.9 Å². The molecular weight excluding hydrogens is 319 g/mol. The number of anilines is 2. The van der Waals surface area contributed by atoms with Crippen molar-refractivity contribution in [2.24, 2.45) is 0 Å². The monoisotopic (exact) mass is 342 g/mol. The number of halogens is 1. The van der Waals surface area contributed by atoms with Crippen LogP contribution in [-0.4, -0.2) is 21.9 Å². The van der Waals surface area contributed by atoms with Crippen LogP contribution in [0.2, 0.25) is 0 Å². The molecule has 3 rings (SSSR count). The number of para-hydroxylation sites is 1. The lowest BCUT2D eigenvalue weighted by molar-refractivity contribution is 0.102. The molecule has 25 heavy (non-hydrogen) atoms. The van der Waals surface area contributed by atoms with E-state index in [9.17, 15) is 9.18 Å². The van der Waals surface area contributed by atoms with E-state index in [1.807, 2.05) is 0 Å². The first-order valence-electron chi connectivity index (χ1n) is 8.80. The van der Waals surface area contributed by atoms with E-state index in [4.69, 9.17) is 0 Å². The third kappa shape index (κ3) is 4.75. The van der Waals surface area contributed by atoms with Crippen molar-refractivity contribution < 1.29 is 9.18 Å². The largest absolute Gasteiger partial charge is 0.367 e. The fraction of sp³-hybridized carbons (Fsp3) is 0.421. The Morgan fingerprint density at radius 2 is 1.84 bits per heavy atom. The molecule has 6 heteroatoms. The van der Waals surface area contributed by atoms with Gasteiger partial charge in [-0.3, -0.25) is 4.79 Å². The molecule has 1 fully saturated rings. The highest BCUT2D eigenvalue weighted by Gasteiger charge is 2.16. The van der Waals surface area contributed by atoms with Gasteiger partial charge in [0.1, 0.15) is 23.2 Å². The van der Waals surface area contributed by atoms with Crippen LogP contribution < -0.4 is 10.6 Å². The highest BCUT2D eigenvalue weighted by molar-refractivity contribution is 6.03. The van der Waals surface area contributed by atoms with Crippen molar-refractivity contribution in [2.45, 2.75) is 51.5 Å². The zero-order valence-corrected chi connectivity index (χ0v) is 14.4. The minimum absolute atomic E-state index is 0.141. The van der Waals surface area contributed by atoms with Gasteiger partial charge in [-0.1, -0.05) is 37.8 Å². The maximum atomic E-state index is 13.7. The van der Waals surface area contributed by atoms with Gasteiger partial charge < -0.3 is 10.6 Å². The van der Waals surface area contributed by atoms with Gasteiger partial charge in [0.15, 0.2) is 0 Å². The third-order valence-electron chi connectivity index (χ3n) is 4.40. The van der Waals surface area contributed by atoms with E-state index in [-0.39, 0.29) is 11.4 Å². The number of nitrogens with zero attached hydrogens (tertiary/aromatic N) is 2. The second kappa shape index (κ2) is 8.05. The fourth-order valence-electron chi connectivity index (χ4n) is 3.14. The van der Waals surface area contributed by atoms with Gasteiger partial charge in [0, 0.05) is 12.1 Å². The molecule has 0 saturated heterocycles. The molecule has 0 radical (unpaired) electrons. The van der Waals surface area contributed by atoms with Crippen molar-refractivity contribution in [1.29, 1.82) is 0 Å². The Kier molecular flexibility index (Phi) is 5.58. The summed E-state index contributed by atoms with van der Waals surface area (Å²) in [6, 6.07) is 8.08. The molecule has 0 aliphatic heterocycles. The first-order valence-corrected chi connectivity index (χ1v) is 8.80. The number of carbonyl (C=O) groups is 1. The van der Waals surface area contributed by atoms with Gasteiger partial charge in [0.25, 0.3) is 5.91 Å². The third-order valence-corrected chi connectivity index (χ3v) is 4.40. The molecule has 2 aromatic rings. The lowest BCUT2D eigenvalue weighted by Gasteiger charge is -2.17. The van der Waals surface area contributed by atoms with E-state index < -0.39 is 11.7 Å². The predicted molar refractivity (Wildman–Crippen MR) is 96.2 cm³/mol. The molecule has 5 nitrogen and oxygen atoms in total. The molecule has 1 amide bonds. The van der Waals surface area contributed by atoms with Crippen LogP contribution in [0.25, 0.3) is 0 Å². The van der Waals surface area contributed by atoms with Gasteiger partial charge in [0.05, 0.1) is 5.69 Å². The van der Waals surface area contributed by atoms with Crippen LogP contribution in [0, 0.1) is 12.7 Å². The Balaban J connectivity index is 1.74. The van der Waals surface area contributed by atoms with Gasteiger partial charge in [-0.2, -0.15) is 0 Å². The molecule has 0 spiro atoms. The second-order valence-corrected chi connectivity index (χ2v) is 6.45. The number of amides is 1. The van der Waals surface area contributed by atoms with Crippen LogP contribution in [-0.2, 0) is 0 Å². The Bertz CT molecular complexity index is 742. The predicted octanol–water partition coefficient (Wildman–Crippen LogP) is 4.31. The van der Waals surface area contributed by atoms with E-state index in [1.165, 1.54) is 37.8 Å². The van der Waals surface area contributed by atoms with Crippen molar-refractivity contribution in [1.82, 2.24) is 9.97 Å². The smallest absolute Gasteiger partial charge is 0.274 e. The average molecular weight is 342 g/mol. The summed E-state index contributed by atoms with van der Waals surface area (Å²) < 4.78 is 13.7. The molecule has 1 aliphatic carbocycles. The Morgan fingerprint density at radius 3 is 2.56 bits per heavy atom. The topological polar surface area (TPSA) is 66.9 Å². The Morgan fingerprint density at radius 1 is 1.12 bits per heavy atom. The molecule has 0 bridgehead atoms. The van der Waals surface area contributed by atoms with Gasteiger partial charge in [-0.15, -0.1) is 0 Å². The maximum absolute atomic E-state index is 13.7. The number of benzene rings is 1. The highest BCUT2D eigenvalue weighted by atomic mass is 19.1. The van der Waals surface area contributed by atoms with Gasteiger partial charge in [-0.05, 0) is 31.9 Å². The molecule has 1 heterocycles. The zero-order valence-electron chi connectivity index (χ0n) is 14.4. The lowest BCUT2D eigenvalue weighted by atomic mass is 10.1. The molecule has 0 unspecified atom stereocenters. The fourth-order valence-corrected chi connectivity index (χ4v) is 3.14. The molecule has 1 aromatic heterocycles. The van der Waals surface area contributed by atoms with Crippen molar-refractivity contribution >= 4 is 17.4 Å². The van der Waals surface area contributed by atoms with Crippen LogP contribution in [0.1, 0.15) is 54.8 Å². The SMILES string of the molecule is Cc1nc(NC2CCCCCC2)cc(C(=O)Nc2ccccc2F)n1.